The number of pyridine rings is 1. The summed E-state index contributed by atoms with van der Waals surface area (Å²) in [5, 5.41) is 0.952. The first-order chi connectivity index (χ1) is 12.3. The molecule has 3 aromatic rings. The van der Waals surface area contributed by atoms with Gasteiger partial charge in [0.25, 0.3) is 5.56 Å². The summed E-state index contributed by atoms with van der Waals surface area (Å²) in [6.45, 7) is 3.80. The van der Waals surface area contributed by atoms with Crippen LogP contribution < -0.4 is 16.0 Å². The van der Waals surface area contributed by atoms with E-state index < -0.39 is 5.54 Å². The van der Waals surface area contributed by atoms with Crippen molar-refractivity contribution >= 4 is 10.9 Å². The van der Waals surface area contributed by atoms with Gasteiger partial charge in [0.1, 0.15) is 11.6 Å². The van der Waals surface area contributed by atoms with Crippen LogP contribution in [0.25, 0.3) is 10.9 Å². The Kier molecular flexibility index (Phi) is 4.83. The minimum absolute atomic E-state index is 0.0882. The molecule has 1 unspecified atom stereocenters. The molecule has 3 rings (SSSR count). The lowest BCUT2D eigenvalue weighted by molar-refractivity contribution is 0.410. The second-order valence-corrected chi connectivity index (χ2v) is 6.83. The van der Waals surface area contributed by atoms with E-state index in [4.69, 9.17) is 10.5 Å². The van der Waals surface area contributed by atoms with E-state index >= 15 is 0 Å². The van der Waals surface area contributed by atoms with Gasteiger partial charge in [-0.25, -0.2) is 4.39 Å². The highest BCUT2D eigenvalue weighted by molar-refractivity contribution is 5.80. The minimum Gasteiger partial charge on any atom is -0.497 e. The Hall–Kier alpha value is -2.66. The second kappa shape index (κ2) is 6.92. The molecule has 2 aromatic carbocycles. The van der Waals surface area contributed by atoms with Crippen molar-refractivity contribution in [1.82, 2.24) is 4.98 Å². The Morgan fingerprint density at radius 3 is 2.62 bits per heavy atom. The number of aromatic amines is 1. The molecule has 0 radical (unpaired) electrons. The molecule has 0 amide bonds. The molecule has 3 N–H and O–H groups in total. The third kappa shape index (κ3) is 3.48. The molecular weight excluding hydrogens is 331 g/mol. The molecule has 0 bridgehead atoms. The van der Waals surface area contributed by atoms with Gasteiger partial charge in [-0.2, -0.15) is 0 Å². The first-order valence-electron chi connectivity index (χ1n) is 8.62. The van der Waals surface area contributed by atoms with Crippen LogP contribution in [0.3, 0.4) is 0 Å². The largest absolute Gasteiger partial charge is 0.497 e. The van der Waals surface area contributed by atoms with Crippen molar-refractivity contribution in [3.8, 4) is 5.75 Å². The number of nitrogens with two attached hydrogens (primary N) is 1. The van der Waals surface area contributed by atoms with Crippen molar-refractivity contribution in [3.63, 3.8) is 0 Å². The highest BCUT2D eigenvalue weighted by Gasteiger charge is 2.24. The molecule has 5 heteroatoms. The van der Waals surface area contributed by atoms with Gasteiger partial charge in [-0.1, -0.05) is 19.1 Å². The molecule has 1 aromatic heterocycles. The number of ether oxygens (including phenoxy) is 1. The van der Waals surface area contributed by atoms with E-state index in [0.717, 1.165) is 22.0 Å². The molecule has 1 heterocycles. The Labute approximate surface area is 151 Å². The topological polar surface area (TPSA) is 68.1 Å². The molecule has 0 aliphatic heterocycles. The lowest BCUT2D eigenvalue weighted by atomic mass is 9.86. The zero-order valence-electron chi connectivity index (χ0n) is 15.2. The van der Waals surface area contributed by atoms with Crippen LogP contribution in [-0.4, -0.2) is 12.1 Å². The van der Waals surface area contributed by atoms with Crippen LogP contribution in [0.15, 0.2) is 47.3 Å². The summed E-state index contributed by atoms with van der Waals surface area (Å²) in [6, 6.07) is 12.3. The van der Waals surface area contributed by atoms with Gasteiger partial charge in [-0.15, -0.1) is 0 Å². The van der Waals surface area contributed by atoms with E-state index in [2.05, 4.69) is 4.98 Å². The SMILES string of the molecule is CCc1cc2ccc(C(C)(N)Cc3cc(OC)ccc3F)cc2[nH]c1=O. The number of aryl methyl sites for hydroxylation is 1. The Morgan fingerprint density at radius 1 is 1.15 bits per heavy atom. The van der Waals surface area contributed by atoms with Crippen LogP contribution >= 0.6 is 0 Å². The van der Waals surface area contributed by atoms with E-state index in [9.17, 15) is 9.18 Å². The fraction of sp³-hybridized carbons (Fsp3) is 0.286. The quantitative estimate of drug-likeness (QED) is 0.735. The smallest absolute Gasteiger partial charge is 0.251 e. The molecule has 0 saturated carbocycles. The Balaban J connectivity index is 2.00. The first kappa shape index (κ1) is 18.1. The fourth-order valence-corrected chi connectivity index (χ4v) is 3.18. The van der Waals surface area contributed by atoms with Gasteiger partial charge in [0.05, 0.1) is 7.11 Å². The summed E-state index contributed by atoms with van der Waals surface area (Å²) in [4.78, 5) is 15.0. The number of hydrogen-bond acceptors (Lipinski definition) is 3. The molecule has 136 valence electrons. The maximum Gasteiger partial charge on any atom is 0.251 e. The van der Waals surface area contributed by atoms with Crippen LogP contribution in [0.5, 0.6) is 5.75 Å². The molecule has 26 heavy (non-hydrogen) atoms. The number of H-pyrrole nitrogens is 1. The molecule has 4 nitrogen and oxygen atoms in total. The van der Waals surface area contributed by atoms with E-state index in [0.29, 0.717) is 24.2 Å². The molecule has 1 atom stereocenters. The van der Waals surface area contributed by atoms with Gasteiger partial charge >= 0.3 is 0 Å². The van der Waals surface area contributed by atoms with Crippen molar-refractivity contribution in [1.29, 1.82) is 0 Å². The summed E-state index contributed by atoms with van der Waals surface area (Å²) < 4.78 is 19.4. The van der Waals surface area contributed by atoms with Crippen molar-refractivity contribution < 1.29 is 9.13 Å². The van der Waals surface area contributed by atoms with Crippen LogP contribution in [0, 0.1) is 5.82 Å². The normalized spacial score (nSPS) is 13.6. The van der Waals surface area contributed by atoms with Gasteiger partial charge in [0.15, 0.2) is 0 Å². The lowest BCUT2D eigenvalue weighted by Gasteiger charge is -2.26. The van der Waals surface area contributed by atoms with Gasteiger partial charge in [-0.05, 0) is 66.6 Å². The van der Waals surface area contributed by atoms with Crippen LogP contribution in [0.1, 0.15) is 30.5 Å². The standard InChI is InChI=1S/C21H23FN2O2/c1-4-13-9-14-5-6-16(11-19(14)24-20(13)25)21(2,23)12-15-10-17(26-3)7-8-18(15)22/h5-11H,4,12,23H2,1-3H3,(H,24,25). The maximum atomic E-state index is 14.2. The lowest BCUT2D eigenvalue weighted by Crippen LogP contribution is -2.35. The number of fused-ring (bicyclic) bond motifs is 1. The predicted molar refractivity (Wildman–Crippen MR) is 102 cm³/mol. The molecule has 0 aliphatic carbocycles. The number of hydrogen-bond donors (Lipinski definition) is 2. The zero-order valence-corrected chi connectivity index (χ0v) is 15.2. The third-order valence-electron chi connectivity index (χ3n) is 4.77. The van der Waals surface area contributed by atoms with Crippen molar-refractivity contribution in [2.45, 2.75) is 32.2 Å². The van der Waals surface area contributed by atoms with Crippen molar-refractivity contribution in [3.05, 3.63) is 75.3 Å². The van der Waals surface area contributed by atoms with Gasteiger partial charge in [0.2, 0.25) is 0 Å². The van der Waals surface area contributed by atoms with Gasteiger partial charge in [0, 0.05) is 16.6 Å². The average Bonchev–Trinajstić information content (AvgIpc) is 2.62. The highest BCUT2D eigenvalue weighted by atomic mass is 19.1. The maximum absolute atomic E-state index is 14.2. The van der Waals surface area contributed by atoms with Crippen LogP contribution in [0.4, 0.5) is 4.39 Å². The average molecular weight is 354 g/mol. The number of nitrogens with one attached hydrogen (secondary N) is 1. The monoisotopic (exact) mass is 354 g/mol. The second-order valence-electron chi connectivity index (χ2n) is 6.83. The number of benzene rings is 2. The van der Waals surface area contributed by atoms with Crippen LogP contribution in [0.2, 0.25) is 0 Å². The zero-order chi connectivity index (χ0) is 18.9. The number of methoxy groups -OCH3 is 1. The molecule has 0 spiro atoms. The summed E-state index contributed by atoms with van der Waals surface area (Å²) in [7, 11) is 1.54. The molecule has 0 aliphatic rings. The summed E-state index contributed by atoms with van der Waals surface area (Å²) in [6.07, 6.45) is 0.982. The summed E-state index contributed by atoms with van der Waals surface area (Å²) >= 11 is 0. The van der Waals surface area contributed by atoms with Crippen molar-refractivity contribution in [2.24, 2.45) is 5.73 Å². The van der Waals surface area contributed by atoms with Gasteiger partial charge < -0.3 is 15.5 Å². The number of aromatic nitrogens is 1. The Morgan fingerprint density at radius 2 is 1.92 bits per heavy atom. The summed E-state index contributed by atoms with van der Waals surface area (Å²) in [5.41, 5.74) is 8.42. The first-order valence-corrected chi connectivity index (χ1v) is 8.62. The van der Waals surface area contributed by atoms with Gasteiger partial charge in [-0.3, -0.25) is 4.79 Å². The number of rotatable bonds is 5. The Bertz CT molecular complexity index is 1010. The van der Waals surface area contributed by atoms with E-state index in [1.807, 2.05) is 38.1 Å². The fourth-order valence-electron chi connectivity index (χ4n) is 3.18. The molecular formula is C21H23FN2O2. The summed E-state index contributed by atoms with van der Waals surface area (Å²) in [5.74, 6) is 0.274. The third-order valence-corrected chi connectivity index (χ3v) is 4.77. The van der Waals surface area contributed by atoms with Crippen molar-refractivity contribution in [2.75, 3.05) is 7.11 Å². The predicted octanol–water partition coefficient (Wildman–Crippen LogP) is 3.65. The molecule has 0 saturated heterocycles. The van der Waals surface area contributed by atoms with E-state index in [-0.39, 0.29) is 11.4 Å². The van der Waals surface area contributed by atoms with E-state index in [1.54, 1.807) is 19.2 Å². The highest BCUT2D eigenvalue weighted by Crippen LogP contribution is 2.28. The van der Waals surface area contributed by atoms with Crippen LogP contribution in [-0.2, 0) is 18.4 Å². The number of halogens is 1. The molecule has 0 fully saturated rings. The minimum atomic E-state index is -0.804. The van der Waals surface area contributed by atoms with E-state index in [1.165, 1.54) is 6.07 Å².